The fraction of sp³-hybridized carbons (Fsp3) is 0.235. The highest BCUT2D eigenvalue weighted by Gasteiger charge is 2.15. The molecule has 0 atom stereocenters. The Labute approximate surface area is 148 Å². The molecule has 0 aliphatic carbocycles. The number of carbonyl (C=O) groups is 1. The van der Waals surface area contributed by atoms with E-state index < -0.39 is 0 Å². The maximum atomic E-state index is 12.6. The molecule has 0 aliphatic heterocycles. The fourth-order valence-corrected chi connectivity index (χ4v) is 4.08. The highest BCUT2D eigenvalue weighted by atomic mass is 32.2. The van der Waals surface area contributed by atoms with Gasteiger partial charge in [-0.2, -0.15) is 0 Å². The molecule has 2 aromatic heterocycles. The number of hydrogen-bond donors (Lipinski definition) is 1. The van der Waals surface area contributed by atoms with E-state index in [1.54, 1.807) is 18.0 Å². The van der Waals surface area contributed by atoms with Crippen LogP contribution in [0.4, 0.5) is 5.13 Å². The number of thiazole rings is 1. The molecule has 0 radical (unpaired) electrons. The lowest BCUT2D eigenvalue weighted by Crippen LogP contribution is -2.12. The third kappa shape index (κ3) is 3.68. The van der Waals surface area contributed by atoms with Crippen LogP contribution in [0.25, 0.3) is 0 Å². The van der Waals surface area contributed by atoms with Gasteiger partial charge in [0.15, 0.2) is 5.13 Å². The van der Waals surface area contributed by atoms with Crippen LogP contribution in [-0.4, -0.2) is 16.0 Å². The highest BCUT2D eigenvalue weighted by molar-refractivity contribution is 7.98. The molecule has 1 N–H and O–H groups in total. The van der Waals surface area contributed by atoms with Gasteiger partial charge in [0, 0.05) is 27.3 Å². The number of carbonyl (C=O) groups excluding carboxylic acids is 1. The van der Waals surface area contributed by atoms with Crippen LogP contribution in [0.5, 0.6) is 0 Å². The van der Waals surface area contributed by atoms with E-state index in [1.807, 2.05) is 45.0 Å². The fourth-order valence-electron chi connectivity index (χ4n) is 2.21. The van der Waals surface area contributed by atoms with Gasteiger partial charge in [0.2, 0.25) is 0 Å². The summed E-state index contributed by atoms with van der Waals surface area (Å²) in [6.07, 6.45) is 1.75. The van der Waals surface area contributed by atoms with Crippen LogP contribution >= 0.6 is 23.1 Å². The third-order valence-corrected chi connectivity index (χ3v) is 5.45. The molecule has 1 amide bonds. The van der Waals surface area contributed by atoms with E-state index in [-0.39, 0.29) is 5.91 Å². The van der Waals surface area contributed by atoms with Gasteiger partial charge < -0.3 is 4.52 Å². The zero-order valence-electron chi connectivity index (χ0n) is 13.6. The van der Waals surface area contributed by atoms with E-state index in [0.29, 0.717) is 16.4 Å². The van der Waals surface area contributed by atoms with Crippen molar-refractivity contribution in [3.05, 3.63) is 57.9 Å². The Bertz CT molecular complexity index is 851. The summed E-state index contributed by atoms with van der Waals surface area (Å²) in [5, 5.41) is 7.44. The second kappa shape index (κ2) is 7.19. The van der Waals surface area contributed by atoms with Crippen LogP contribution in [-0.2, 0) is 5.75 Å². The summed E-state index contributed by atoms with van der Waals surface area (Å²) in [7, 11) is 0. The van der Waals surface area contributed by atoms with Gasteiger partial charge >= 0.3 is 0 Å². The first-order valence-corrected chi connectivity index (χ1v) is 9.22. The average Bonchev–Trinajstić information content (AvgIpc) is 3.11. The van der Waals surface area contributed by atoms with Gasteiger partial charge in [0.1, 0.15) is 5.76 Å². The molecule has 0 aliphatic rings. The lowest BCUT2D eigenvalue weighted by molar-refractivity contribution is 0.102. The second-order valence-corrected chi connectivity index (χ2v) is 7.57. The highest BCUT2D eigenvalue weighted by Crippen LogP contribution is 2.29. The quantitative estimate of drug-likeness (QED) is 0.674. The Morgan fingerprint density at radius 2 is 2.08 bits per heavy atom. The van der Waals surface area contributed by atoms with Crippen molar-refractivity contribution in [1.82, 2.24) is 10.1 Å². The molecule has 0 unspecified atom stereocenters. The predicted molar refractivity (Wildman–Crippen MR) is 96.8 cm³/mol. The van der Waals surface area contributed by atoms with Crippen LogP contribution in [0.15, 0.2) is 39.9 Å². The van der Waals surface area contributed by atoms with Gasteiger partial charge in [-0.15, -0.1) is 23.1 Å². The molecule has 5 nitrogen and oxygen atoms in total. The zero-order valence-corrected chi connectivity index (χ0v) is 15.3. The van der Waals surface area contributed by atoms with Crippen molar-refractivity contribution in [1.29, 1.82) is 0 Å². The molecule has 0 saturated heterocycles. The number of thioether (sulfide) groups is 1. The molecule has 0 bridgehead atoms. The monoisotopic (exact) mass is 359 g/mol. The Balaban J connectivity index is 1.76. The number of benzene rings is 1. The van der Waals surface area contributed by atoms with Crippen LogP contribution in [0.3, 0.4) is 0 Å². The van der Waals surface area contributed by atoms with Crippen molar-refractivity contribution < 1.29 is 9.32 Å². The Morgan fingerprint density at radius 1 is 1.29 bits per heavy atom. The normalized spacial score (nSPS) is 10.8. The molecular formula is C17H17N3O2S2. The summed E-state index contributed by atoms with van der Waals surface area (Å²) in [5.74, 6) is 1.38. The summed E-state index contributed by atoms with van der Waals surface area (Å²) in [6, 6.07) is 7.57. The van der Waals surface area contributed by atoms with Gasteiger partial charge in [0.25, 0.3) is 5.91 Å². The van der Waals surface area contributed by atoms with Gasteiger partial charge in [-0.3, -0.25) is 10.1 Å². The van der Waals surface area contributed by atoms with Gasteiger partial charge in [-0.25, -0.2) is 4.98 Å². The number of nitrogens with zero attached hydrogens (tertiary/aromatic N) is 2. The minimum absolute atomic E-state index is 0.147. The maximum Gasteiger partial charge on any atom is 0.258 e. The summed E-state index contributed by atoms with van der Waals surface area (Å²) in [6.45, 7) is 5.79. The van der Waals surface area contributed by atoms with Crippen molar-refractivity contribution in [2.45, 2.75) is 31.4 Å². The number of aromatic nitrogens is 2. The number of anilines is 1. The lowest BCUT2D eigenvalue weighted by Gasteiger charge is -2.08. The third-order valence-electron chi connectivity index (χ3n) is 3.53. The number of rotatable bonds is 5. The Hall–Kier alpha value is -2.12. The number of amides is 1. The van der Waals surface area contributed by atoms with Crippen molar-refractivity contribution in [2.24, 2.45) is 0 Å². The summed E-state index contributed by atoms with van der Waals surface area (Å²) in [4.78, 5) is 18.7. The van der Waals surface area contributed by atoms with Crippen molar-refractivity contribution in [3.63, 3.8) is 0 Å². The van der Waals surface area contributed by atoms with Gasteiger partial charge in [0.05, 0.1) is 11.3 Å². The minimum atomic E-state index is -0.147. The SMILES string of the molecule is Cc1cnc(NC(=O)c2ccccc2SCc2c(C)noc2C)s1. The molecule has 0 spiro atoms. The number of aryl methyl sites for hydroxylation is 3. The van der Waals surface area contributed by atoms with Crippen LogP contribution in [0, 0.1) is 20.8 Å². The molecule has 2 heterocycles. The Kier molecular flexibility index (Phi) is 5.01. The van der Waals surface area contributed by atoms with Gasteiger partial charge in [-0.05, 0) is 32.9 Å². The Morgan fingerprint density at radius 3 is 2.75 bits per heavy atom. The molecular weight excluding hydrogens is 342 g/mol. The van der Waals surface area contributed by atoms with E-state index in [0.717, 1.165) is 26.8 Å². The topological polar surface area (TPSA) is 68.0 Å². The molecule has 3 rings (SSSR count). The first kappa shape index (κ1) is 16.7. The number of nitrogens with one attached hydrogen (secondary N) is 1. The van der Waals surface area contributed by atoms with E-state index in [1.165, 1.54) is 11.3 Å². The van der Waals surface area contributed by atoms with Crippen molar-refractivity contribution in [3.8, 4) is 0 Å². The first-order valence-electron chi connectivity index (χ1n) is 7.42. The molecule has 0 saturated carbocycles. The van der Waals surface area contributed by atoms with Crippen molar-refractivity contribution >= 4 is 34.1 Å². The standard InChI is InChI=1S/C17H17N3O2S2/c1-10-8-18-17(24-10)19-16(21)13-6-4-5-7-15(13)23-9-14-11(2)20-22-12(14)3/h4-8H,9H2,1-3H3,(H,18,19,21). The first-order chi connectivity index (χ1) is 11.5. The average molecular weight is 359 g/mol. The zero-order chi connectivity index (χ0) is 17.1. The van der Waals surface area contributed by atoms with Crippen LogP contribution in [0.2, 0.25) is 0 Å². The van der Waals surface area contributed by atoms with Crippen LogP contribution in [0.1, 0.15) is 32.3 Å². The lowest BCUT2D eigenvalue weighted by atomic mass is 10.2. The minimum Gasteiger partial charge on any atom is -0.361 e. The van der Waals surface area contributed by atoms with Crippen LogP contribution < -0.4 is 5.32 Å². The summed E-state index contributed by atoms with van der Waals surface area (Å²) < 4.78 is 5.19. The molecule has 1 aromatic carbocycles. The molecule has 7 heteroatoms. The largest absolute Gasteiger partial charge is 0.361 e. The summed E-state index contributed by atoms with van der Waals surface area (Å²) >= 11 is 3.06. The molecule has 0 fully saturated rings. The van der Waals surface area contributed by atoms with E-state index in [4.69, 9.17) is 4.52 Å². The van der Waals surface area contributed by atoms with E-state index in [2.05, 4.69) is 15.5 Å². The molecule has 24 heavy (non-hydrogen) atoms. The molecule has 124 valence electrons. The molecule has 3 aromatic rings. The maximum absolute atomic E-state index is 12.6. The predicted octanol–water partition coefficient (Wildman–Crippen LogP) is 4.60. The van der Waals surface area contributed by atoms with Crippen molar-refractivity contribution in [2.75, 3.05) is 5.32 Å². The summed E-state index contributed by atoms with van der Waals surface area (Å²) in [5.41, 5.74) is 2.60. The van der Waals surface area contributed by atoms with E-state index in [9.17, 15) is 4.79 Å². The second-order valence-electron chi connectivity index (χ2n) is 5.32. The number of hydrogen-bond acceptors (Lipinski definition) is 6. The van der Waals surface area contributed by atoms with Gasteiger partial charge in [-0.1, -0.05) is 17.3 Å². The van der Waals surface area contributed by atoms with E-state index >= 15 is 0 Å². The smallest absolute Gasteiger partial charge is 0.258 e.